The first-order chi connectivity index (χ1) is 31.7. The van der Waals surface area contributed by atoms with Crippen molar-refractivity contribution in [2.45, 2.75) is 53.4 Å². The van der Waals surface area contributed by atoms with Crippen LogP contribution in [-0.2, 0) is 12.0 Å². The van der Waals surface area contributed by atoms with Gasteiger partial charge in [-0.2, -0.15) is 5.26 Å². The van der Waals surface area contributed by atoms with Gasteiger partial charge < -0.3 is 14.5 Å². The van der Waals surface area contributed by atoms with E-state index >= 15 is 0 Å². The monoisotopic (exact) mass is 822 g/mol. The fraction of sp³-hybridized carbons (Fsp3) is 0.158. The number of nitriles is 1. The zero-order valence-corrected chi connectivity index (χ0v) is 36.1. The van der Waals surface area contributed by atoms with Crippen molar-refractivity contribution in [1.29, 1.82) is 5.26 Å². The van der Waals surface area contributed by atoms with Gasteiger partial charge in [-0.3, -0.25) is 4.57 Å². The minimum absolute atomic E-state index is 0.0480. The number of fused-ring (bicyclic) bond motifs is 4. The van der Waals surface area contributed by atoms with Gasteiger partial charge in [0.2, 0.25) is 0 Å². The second kappa shape index (κ2) is 15.7. The van der Waals surface area contributed by atoms with E-state index in [1.54, 1.807) is 18.3 Å². The quantitative estimate of drug-likeness (QED) is 0.153. The molecule has 0 aliphatic carbocycles. The van der Waals surface area contributed by atoms with Crippen LogP contribution in [0.3, 0.4) is 0 Å². The van der Waals surface area contributed by atoms with E-state index in [9.17, 15) is 5.26 Å². The Balaban J connectivity index is 1.07. The number of benzene rings is 7. The highest BCUT2D eigenvalue weighted by molar-refractivity contribution is 6.16. The van der Waals surface area contributed by atoms with Crippen molar-refractivity contribution in [2.75, 3.05) is 16.5 Å². The normalized spacial score (nSPS) is 13.4. The van der Waals surface area contributed by atoms with Gasteiger partial charge in [0.25, 0.3) is 0 Å². The first kappa shape index (κ1) is 36.1. The Morgan fingerprint density at radius 3 is 2.24 bits per heavy atom. The minimum Gasteiger partial charge on any atom is -0.457 e. The first-order valence-electron chi connectivity index (χ1n) is 22.9. The maximum absolute atomic E-state index is 9.82. The van der Waals surface area contributed by atoms with Crippen molar-refractivity contribution >= 4 is 38.9 Å². The van der Waals surface area contributed by atoms with Gasteiger partial charge in [-0.1, -0.05) is 117 Å². The molecule has 0 unspecified atom stereocenters. The van der Waals surface area contributed by atoms with Gasteiger partial charge in [0, 0.05) is 51.0 Å². The van der Waals surface area contributed by atoms with Gasteiger partial charge in [0.1, 0.15) is 17.3 Å². The van der Waals surface area contributed by atoms with Crippen LogP contribution in [0.25, 0.3) is 49.9 Å². The maximum atomic E-state index is 9.82. The molecule has 0 atom stereocenters. The Morgan fingerprint density at radius 1 is 0.698 bits per heavy atom. The molecular formula is C57H49N5O. The van der Waals surface area contributed by atoms with Crippen LogP contribution in [0.4, 0.5) is 17.1 Å². The van der Waals surface area contributed by atoms with Crippen molar-refractivity contribution in [3.63, 3.8) is 0 Å². The third-order valence-electron chi connectivity index (χ3n) is 12.1. The largest absolute Gasteiger partial charge is 0.457 e. The highest BCUT2D eigenvalue weighted by atomic mass is 16.5. The highest BCUT2D eigenvalue weighted by Crippen LogP contribution is 2.44. The molecule has 0 radical (unpaired) electrons. The average molecular weight is 823 g/mol. The Hall–Kier alpha value is -7.62. The van der Waals surface area contributed by atoms with Crippen LogP contribution >= 0.6 is 0 Å². The summed E-state index contributed by atoms with van der Waals surface area (Å²) in [7, 11) is 0. The fourth-order valence-corrected chi connectivity index (χ4v) is 9.17. The lowest BCUT2D eigenvalue weighted by Crippen LogP contribution is -2.27. The topological polar surface area (TPSA) is 57.3 Å². The molecule has 0 bridgehead atoms. The molecule has 3 heterocycles. The minimum atomic E-state index is -2.43. The molecule has 308 valence electrons. The molecule has 6 heteroatoms. The van der Waals surface area contributed by atoms with Crippen molar-refractivity contribution in [3.05, 3.63) is 197 Å². The predicted octanol–water partition coefficient (Wildman–Crippen LogP) is 14.5. The number of aromatic nitrogens is 2. The Bertz CT molecular complexity index is 3350. The molecule has 9 aromatic rings. The number of hydrogen-bond donors (Lipinski definition) is 0. The molecule has 0 N–H and O–H groups in total. The van der Waals surface area contributed by atoms with Gasteiger partial charge in [-0.15, -0.1) is 0 Å². The molecule has 0 saturated heterocycles. The number of hydrogen-bond acceptors (Lipinski definition) is 5. The number of rotatable bonds is 8. The zero-order valence-electron chi connectivity index (χ0n) is 39.1. The van der Waals surface area contributed by atoms with Gasteiger partial charge in [-0.05, 0) is 120 Å². The molecule has 1 aliphatic heterocycles. The van der Waals surface area contributed by atoms with E-state index in [-0.39, 0.29) is 11.0 Å². The van der Waals surface area contributed by atoms with Crippen molar-refractivity contribution in [3.8, 4) is 45.6 Å². The van der Waals surface area contributed by atoms with Gasteiger partial charge in [0.05, 0.1) is 40.7 Å². The molecule has 0 spiro atoms. The van der Waals surface area contributed by atoms with Gasteiger partial charge in [-0.25, -0.2) is 4.98 Å². The van der Waals surface area contributed by atoms with Crippen molar-refractivity contribution in [1.82, 2.24) is 9.55 Å². The van der Waals surface area contributed by atoms with Crippen LogP contribution in [-0.4, -0.2) is 16.2 Å². The van der Waals surface area contributed by atoms with Crippen molar-refractivity contribution in [2.24, 2.45) is 0 Å². The smallest absolute Gasteiger partial charge is 0.137 e. The SMILES string of the molecule is [2H]C([2H])([2H])c1cc(-n2c3cc(Oc4cccc(N5CN(Cc6cc(C)cc(C)c6)c6ccccc65)c4)ccc3c3c(-c4cccc(C#N)c4)cccc32)ncc1-c1ccc(C(C)(C)C)cc1. The standard InChI is InChI=1S/C57H49N5O/c1-37-26-38(2)28-41(27-37)35-60-36-61(52-18-8-7-17-51(52)60)45-14-10-15-46(31-45)63-47-24-25-49-54(32-47)62(53-19-11-16-48(56(49)53)43-13-9-12-40(30-43)33-58)55-29-39(3)50(34-59-55)42-20-22-44(23-21-42)57(4,5)6/h7-32,34H,35-36H2,1-6H3/i3D3. The average Bonchev–Trinajstić information content (AvgIpc) is 3.83. The summed E-state index contributed by atoms with van der Waals surface area (Å²) in [6, 6.07) is 55.3. The van der Waals surface area contributed by atoms with E-state index in [4.69, 9.17) is 13.8 Å². The molecule has 10 rings (SSSR count). The molecule has 63 heavy (non-hydrogen) atoms. The number of nitrogens with zero attached hydrogens (tertiary/aromatic N) is 5. The van der Waals surface area contributed by atoms with E-state index in [0.29, 0.717) is 35.1 Å². The summed E-state index contributed by atoms with van der Waals surface area (Å²) in [4.78, 5) is 9.76. The summed E-state index contributed by atoms with van der Waals surface area (Å²) < 4.78 is 35.0. The third-order valence-corrected chi connectivity index (χ3v) is 12.1. The second-order valence-corrected chi connectivity index (χ2v) is 17.7. The lowest BCUT2D eigenvalue weighted by Gasteiger charge is -2.23. The van der Waals surface area contributed by atoms with E-state index in [1.807, 2.05) is 71.3 Å². The molecule has 1 aliphatic rings. The summed E-state index contributed by atoms with van der Waals surface area (Å²) in [5.74, 6) is 1.76. The summed E-state index contributed by atoms with van der Waals surface area (Å²) >= 11 is 0. The first-order valence-corrected chi connectivity index (χ1v) is 21.4. The molecule has 0 amide bonds. The van der Waals surface area contributed by atoms with E-state index < -0.39 is 6.85 Å². The van der Waals surface area contributed by atoms with E-state index in [0.717, 1.165) is 62.0 Å². The third kappa shape index (κ3) is 7.46. The molecule has 0 fully saturated rings. The summed E-state index contributed by atoms with van der Waals surface area (Å²) in [5, 5.41) is 11.7. The number of pyridine rings is 1. The van der Waals surface area contributed by atoms with Gasteiger partial charge in [0.15, 0.2) is 0 Å². The fourth-order valence-electron chi connectivity index (χ4n) is 9.17. The maximum Gasteiger partial charge on any atom is 0.137 e. The van der Waals surface area contributed by atoms with Crippen molar-refractivity contribution < 1.29 is 8.85 Å². The predicted molar refractivity (Wildman–Crippen MR) is 260 cm³/mol. The lowest BCUT2D eigenvalue weighted by molar-refractivity contribution is 0.483. The number of para-hydroxylation sites is 2. The number of anilines is 3. The zero-order chi connectivity index (χ0) is 45.9. The van der Waals surface area contributed by atoms with E-state index in [2.05, 4.69) is 129 Å². The summed E-state index contributed by atoms with van der Waals surface area (Å²) in [6.45, 7) is 9.83. The van der Waals surface area contributed by atoms with Crippen LogP contribution < -0.4 is 14.5 Å². The van der Waals surface area contributed by atoms with Crippen LogP contribution in [0, 0.1) is 32.0 Å². The molecule has 6 nitrogen and oxygen atoms in total. The number of aryl methyl sites for hydroxylation is 3. The van der Waals surface area contributed by atoms with Crippen LogP contribution in [0.2, 0.25) is 0 Å². The Kier molecular flexibility index (Phi) is 8.98. The molecule has 7 aromatic carbocycles. The van der Waals surface area contributed by atoms with Crippen LogP contribution in [0.5, 0.6) is 11.5 Å². The van der Waals surface area contributed by atoms with Gasteiger partial charge >= 0.3 is 0 Å². The second-order valence-electron chi connectivity index (χ2n) is 17.7. The molecular weight excluding hydrogens is 771 g/mol. The molecule has 2 aromatic heterocycles. The number of ether oxygens (including phenoxy) is 1. The van der Waals surface area contributed by atoms with Crippen LogP contribution in [0.1, 0.15) is 58.3 Å². The van der Waals surface area contributed by atoms with Crippen LogP contribution in [0.15, 0.2) is 164 Å². The lowest BCUT2D eigenvalue weighted by atomic mass is 9.86. The molecule has 0 saturated carbocycles. The summed E-state index contributed by atoms with van der Waals surface area (Å²) in [5.41, 5.74) is 13.9. The Labute approximate surface area is 374 Å². The van der Waals surface area contributed by atoms with E-state index in [1.165, 1.54) is 22.4 Å². The highest BCUT2D eigenvalue weighted by Gasteiger charge is 2.27. The summed E-state index contributed by atoms with van der Waals surface area (Å²) in [6.07, 6.45) is 1.69. The Morgan fingerprint density at radius 2 is 1.46 bits per heavy atom.